The normalized spacial score (nSPS) is 28.2. The molecular formula is C22H30FN3O3. The van der Waals surface area contributed by atoms with E-state index in [4.69, 9.17) is 9.47 Å². The first-order chi connectivity index (χ1) is 14.1. The fourth-order valence-electron chi connectivity index (χ4n) is 5.65. The number of hydrogen-bond donors (Lipinski definition) is 0. The molecule has 0 saturated carbocycles. The van der Waals surface area contributed by atoms with Crippen LogP contribution in [0.2, 0.25) is 0 Å². The second-order valence-electron chi connectivity index (χ2n) is 9.04. The van der Waals surface area contributed by atoms with Crippen molar-refractivity contribution < 1.29 is 18.7 Å². The van der Waals surface area contributed by atoms with Crippen molar-refractivity contribution in [1.82, 2.24) is 14.7 Å². The Balaban J connectivity index is 1.31. The van der Waals surface area contributed by atoms with Crippen molar-refractivity contribution >= 4 is 5.91 Å². The van der Waals surface area contributed by atoms with Crippen LogP contribution in [0.5, 0.6) is 0 Å². The predicted molar refractivity (Wildman–Crippen MR) is 106 cm³/mol. The van der Waals surface area contributed by atoms with E-state index in [1.165, 1.54) is 6.07 Å². The van der Waals surface area contributed by atoms with Crippen LogP contribution in [0.4, 0.5) is 4.39 Å². The summed E-state index contributed by atoms with van der Waals surface area (Å²) >= 11 is 0. The van der Waals surface area contributed by atoms with Crippen LogP contribution in [-0.2, 0) is 9.47 Å². The summed E-state index contributed by atoms with van der Waals surface area (Å²) in [6, 6.07) is 6.50. The molecule has 4 fully saturated rings. The molecule has 0 N–H and O–H groups in total. The average molecular weight is 403 g/mol. The summed E-state index contributed by atoms with van der Waals surface area (Å²) in [5, 5.41) is 0. The number of benzene rings is 1. The van der Waals surface area contributed by atoms with Gasteiger partial charge in [0.15, 0.2) is 0 Å². The summed E-state index contributed by atoms with van der Waals surface area (Å²) in [7, 11) is 0. The van der Waals surface area contributed by atoms with Gasteiger partial charge in [0.25, 0.3) is 5.91 Å². The van der Waals surface area contributed by atoms with Crippen molar-refractivity contribution in [3.63, 3.8) is 0 Å². The minimum Gasteiger partial charge on any atom is -0.381 e. The Bertz CT molecular complexity index is 749. The van der Waals surface area contributed by atoms with Gasteiger partial charge in [0.05, 0.1) is 30.4 Å². The molecule has 0 aromatic heterocycles. The first-order valence-corrected chi connectivity index (χ1v) is 10.8. The predicted octanol–water partition coefficient (Wildman–Crippen LogP) is 1.46. The zero-order valence-electron chi connectivity index (χ0n) is 16.9. The smallest absolute Gasteiger partial charge is 0.256 e. The second-order valence-corrected chi connectivity index (χ2v) is 9.04. The number of amides is 1. The van der Waals surface area contributed by atoms with Gasteiger partial charge in [-0.05, 0) is 30.9 Å². The molecular weight excluding hydrogens is 373 g/mol. The third kappa shape index (κ3) is 3.69. The van der Waals surface area contributed by atoms with Crippen LogP contribution in [-0.4, -0.2) is 97.9 Å². The zero-order chi connectivity index (χ0) is 19.8. The number of morpholine rings is 1. The van der Waals surface area contributed by atoms with Crippen LogP contribution in [0.15, 0.2) is 24.3 Å². The molecule has 1 aromatic carbocycles. The van der Waals surface area contributed by atoms with E-state index in [0.29, 0.717) is 25.6 Å². The molecule has 1 spiro atoms. The molecule has 29 heavy (non-hydrogen) atoms. The molecule has 6 nitrogen and oxygen atoms in total. The lowest BCUT2D eigenvalue weighted by molar-refractivity contribution is -0.161. The highest BCUT2D eigenvalue weighted by atomic mass is 19.1. The summed E-state index contributed by atoms with van der Waals surface area (Å²) < 4.78 is 25.5. The van der Waals surface area contributed by atoms with E-state index in [1.54, 1.807) is 18.2 Å². The van der Waals surface area contributed by atoms with E-state index in [2.05, 4.69) is 9.80 Å². The summed E-state index contributed by atoms with van der Waals surface area (Å²) in [4.78, 5) is 20.1. The van der Waals surface area contributed by atoms with E-state index in [9.17, 15) is 9.18 Å². The van der Waals surface area contributed by atoms with Crippen LogP contribution in [0.3, 0.4) is 0 Å². The fourth-order valence-corrected chi connectivity index (χ4v) is 5.65. The molecule has 4 heterocycles. The standard InChI is InChI=1S/C22H30FN3O3/c23-20-4-2-1-3-19(20)21(27)25-12-18-13-29-10-7-26(18)22(16-25)14-24(15-22)11-17-5-8-28-9-6-17/h1-4,17-18H,5-16H2/t18-/m1/s1. The van der Waals surface area contributed by atoms with Crippen LogP contribution >= 0.6 is 0 Å². The number of carbonyl (C=O) groups excluding carboxylic acids is 1. The average Bonchev–Trinajstić information content (AvgIpc) is 2.73. The van der Waals surface area contributed by atoms with Crippen molar-refractivity contribution in [1.29, 1.82) is 0 Å². The van der Waals surface area contributed by atoms with E-state index in [0.717, 1.165) is 58.8 Å². The van der Waals surface area contributed by atoms with E-state index < -0.39 is 5.82 Å². The van der Waals surface area contributed by atoms with Gasteiger partial charge in [-0.2, -0.15) is 0 Å². The quantitative estimate of drug-likeness (QED) is 0.765. The highest BCUT2D eigenvalue weighted by Gasteiger charge is 2.55. The largest absolute Gasteiger partial charge is 0.381 e. The summed E-state index contributed by atoms with van der Waals surface area (Å²) in [5.41, 5.74) is 0.143. The molecule has 1 atom stereocenters. The van der Waals surface area contributed by atoms with Gasteiger partial charge in [0.2, 0.25) is 0 Å². The lowest BCUT2D eigenvalue weighted by Gasteiger charge is -2.63. The maximum Gasteiger partial charge on any atom is 0.256 e. The molecule has 7 heteroatoms. The number of rotatable bonds is 3. The van der Waals surface area contributed by atoms with Gasteiger partial charge >= 0.3 is 0 Å². The lowest BCUT2D eigenvalue weighted by atomic mass is 9.81. The van der Waals surface area contributed by atoms with E-state index in [1.807, 2.05) is 4.90 Å². The number of halogens is 1. The molecule has 4 saturated heterocycles. The van der Waals surface area contributed by atoms with Crippen LogP contribution < -0.4 is 0 Å². The highest BCUT2D eigenvalue weighted by Crippen LogP contribution is 2.37. The van der Waals surface area contributed by atoms with Crippen molar-refractivity contribution in [2.45, 2.75) is 24.4 Å². The topological polar surface area (TPSA) is 45.2 Å². The summed E-state index contributed by atoms with van der Waals surface area (Å²) in [5.74, 6) is 0.0699. The number of ether oxygens (including phenoxy) is 2. The SMILES string of the molecule is O=C(c1ccccc1F)N1C[C@@H]2COCCN2C2(CN(CC3CCOCC3)C2)C1. The van der Waals surface area contributed by atoms with Gasteiger partial charge < -0.3 is 14.4 Å². The zero-order valence-corrected chi connectivity index (χ0v) is 16.9. The third-order valence-electron chi connectivity index (χ3n) is 7.04. The first kappa shape index (κ1) is 19.4. The molecule has 0 unspecified atom stereocenters. The summed E-state index contributed by atoms with van der Waals surface area (Å²) in [6.07, 6.45) is 2.28. The number of piperazine rings is 1. The number of hydrogen-bond acceptors (Lipinski definition) is 5. The number of likely N-dealkylation sites (tertiary alicyclic amines) is 1. The molecule has 0 radical (unpaired) electrons. The molecule has 0 bridgehead atoms. The molecule has 1 aromatic rings. The van der Waals surface area contributed by atoms with Gasteiger partial charge in [-0.3, -0.25) is 14.6 Å². The number of carbonyl (C=O) groups is 1. The van der Waals surface area contributed by atoms with Crippen molar-refractivity contribution in [2.75, 3.05) is 65.7 Å². The second kappa shape index (κ2) is 7.95. The van der Waals surface area contributed by atoms with E-state index in [-0.39, 0.29) is 23.1 Å². The van der Waals surface area contributed by atoms with Crippen LogP contribution in [0, 0.1) is 11.7 Å². The first-order valence-electron chi connectivity index (χ1n) is 10.8. The molecule has 4 aliphatic heterocycles. The van der Waals surface area contributed by atoms with Gasteiger partial charge in [-0.25, -0.2) is 4.39 Å². The number of fused-ring (bicyclic) bond motifs is 2. The molecule has 1 amide bonds. The molecule has 0 aliphatic carbocycles. The Hall–Kier alpha value is -1.54. The van der Waals surface area contributed by atoms with Gasteiger partial charge in [-0.15, -0.1) is 0 Å². The Morgan fingerprint density at radius 2 is 1.90 bits per heavy atom. The van der Waals surface area contributed by atoms with E-state index >= 15 is 0 Å². The third-order valence-corrected chi connectivity index (χ3v) is 7.04. The monoisotopic (exact) mass is 403 g/mol. The van der Waals surface area contributed by atoms with Gasteiger partial charge in [0.1, 0.15) is 5.82 Å². The van der Waals surface area contributed by atoms with Crippen molar-refractivity contribution in [3.8, 4) is 0 Å². The Kier molecular flexibility index (Phi) is 5.32. The maximum absolute atomic E-state index is 14.2. The number of nitrogens with zero attached hydrogens (tertiary/aromatic N) is 3. The molecule has 5 rings (SSSR count). The summed E-state index contributed by atoms with van der Waals surface area (Å²) in [6.45, 7) is 8.39. The van der Waals surface area contributed by atoms with Gasteiger partial charge in [-0.1, -0.05) is 12.1 Å². The van der Waals surface area contributed by atoms with Crippen LogP contribution in [0.1, 0.15) is 23.2 Å². The Morgan fingerprint density at radius 3 is 2.69 bits per heavy atom. The Labute approximate surface area is 171 Å². The lowest BCUT2D eigenvalue weighted by Crippen LogP contribution is -2.81. The maximum atomic E-state index is 14.2. The van der Waals surface area contributed by atoms with Crippen LogP contribution in [0.25, 0.3) is 0 Å². The Morgan fingerprint density at radius 1 is 1.10 bits per heavy atom. The minimum atomic E-state index is -0.441. The van der Waals surface area contributed by atoms with Crippen molar-refractivity contribution in [2.24, 2.45) is 5.92 Å². The highest BCUT2D eigenvalue weighted by molar-refractivity contribution is 5.94. The fraction of sp³-hybridized carbons (Fsp3) is 0.682. The molecule has 158 valence electrons. The van der Waals surface area contributed by atoms with Gasteiger partial charge in [0, 0.05) is 52.5 Å². The minimum absolute atomic E-state index is 0.0290. The van der Waals surface area contributed by atoms with Crippen molar-refractivity contribution in [3.05, 3.63) is 35.6 Å². The molecule has 4 aliphatic rings.